The van der Waals surface area contributed by atoms with E-state index in [1.165, 1.54) is 0 Å². The van der Waals surface area contributed by atoms with E-state index in [0.717, 1.165) is 22.8 Å². The summed E-state index contributed by atoms with van der Waals surface area (Å²) in [6.07, 6.45) is 1.73. The van der Waals surface area contributed by atoms with E-state index in [1.54, 1.807) is 24.4 Å². The van der Waals surface area contributed by atoms with Crippen LogP contribution in [0.15, 0.2) is 72.9 Å². The highest BCUT2D eigenvalue weighted by atomic mass is 16.5. The monoisotopic (exact) mass is 320 g/mol. The Hall–Kier alpha value is -3.34. The summed E-state index contributed by atoms with van der Waals surface area (Å²) in [7, 11) is 0. The van der Waals surface area contributed by atoms with E-state index in [9.17, 15) is 4.79 Å². The summed E-state index contributed by atoms with van der Waals surface area (Å²) in [4.78, 5) is 15.2. The number of ether oxygens (including phenoxy) is 1. The second kappa shape index (κ2) is 7.28. The maximum Gasteiger partial charge on any atom is 0.335 e. The third-order valence-corrected chi connectivity index (χ3v) is 3.37. The highest BCUT2D eigenvalue weighted by Gasteiger charge is 2.03. The molecule has 0 aliphatic heterocycles. The van der Waals surface area contributed by atoms with Gasteiger partial charge >= 0.3 is 5.97 Å². The molecule has 0 aliphatic carbocycles. The van der Waals surface area contributed by atoms with E-state index >= 15 is 0 Å². The Labute approximate surface area is 139 Å². The summed E-state index contributed by atoms with van der Waals surface area (Å²) in [5, 5.41) is 12.2. The first-order chi connectivity index (χ1) is 11.7. The van der Waals surface area contributed by atoms with E-state index in [-0.39, 0.29) is 5.56 Å². The van der Waals surface area contributed by atoms with Crippen molar-refractivity contribution in [2.24, 2.45) is 0 Å². The number of aromatic nitrogens is 1. The molecule has 24 heavy (non-hydrogen) atoms. The third kappa shape index (κ3) is 4.10. The molecule has 5 nitrogen and oxygen atoms in total. The van der Waals surface area contributed by atoms with Gasteiger partial charge in [-0.1, -0.05) is 12.1 Å². The zero-order chi connectivity index (χ0) is 16.8. The maximum atomic E-state index is 11.0. The van der Waals surface area contributed by atoms with Crippen LogP contribution in [0.3, 0.4) is 0 Å². The van der Waals surface area contributed by atoms with Crippen LogP contribution in [0.5, 0.6) is 5.75 Å². The van der Waals surface area contributed by atoms with Crippen molar-refractivity contribution in [3.8, 4) is 5.75 Å². The number of carbonyl (C=O) groups is 1. The normalized spacial score (nSPS) is 10.2. The van der Waals surface area contributed by atoms with Crippen LogP contribution in [0.2, 0.25) is 0 Å². The van der Waals surface area contributed by atoms with Crippen LogP contribution in [0, 0.1) is 0 Å². The van der Waals surface area contributed by atoms with Gasteiger partial charge in [-0.15, -0.1) is 0 Å². The van der Waals surface area contributed by atoms with Gasteiger partial charge in [0.25, 0.3) is 0 Å². The number of nitrogens with one attached hydrogen (secondary N) is 1. The molecule has 3 aromatic rings. The number of anilines is 2. The molecule has 0 saturated carbocycles. The molecule has 120 valence electrons. The van der Waals surface area contributed by atoms with E-state index in [1.807, 2.05) is 48.5 Å². The first-order valence-electron chi connectivity index (χ1n) is 7.44. The van der Waals surface area contributed by atoms with Gasteiger partial charge in [-0.2, -0.15) is 0 Å². The first-order valence-corrected chi connectivity index (χ1v) is 7.44. The molecule has 0 aliphatic rings. The summed E-state index contributed by atoms with van der Waals surface area (Å²) in [6.45, 7) is 0.411. The predicted molar refractivity (Wildman–Crippen MR) is 91.7 cm³/mol. The Balaban J connectivity index is 1.62. The van der Waals surface area contributed by atoms with Crippen molar-refractivity contribution >= 4 is 17.3 Å². The number of nitrogens with zero attached hydrogens (tertiary/aromatic N) is 1. The molecule has 2 aromatic carbocycles. The highest BCUT2D eigenvalue weighted by Crippen LogP contribution is 2.21. The van der Waals surface area contributed by atoms with Gasteiger partial charge in [0, 0.05) is 17.6 Å². The molecule has 0 amide bonds. The van der Waals surface area contributed by atoms with Gasteiger partial charge in [-0.3, -0.25) is 4.98 Å². The topological polar surface area (TPSA) is 71.5 Å². The van der Waals surface area contributed by atoms with Crippen molar-refractivity contribution in [2.75, 3.05) is 5.32 Å². The van der Waals surface area contributed by atoms with Crippen molar-refractivity contribution in [3.63, 3.8) is 0 Å². The first kappa shape index (κ1) is 15.6. The van der Waals surface area contributed by atoms with Crippen LogP contribution < -0.4 is 10.1 Å². The lowest BCUT2D eigenvalue weighted by Gasteiger charge is -2.09. The molecule has 3 rings (SSSR count). The minimum absolute atomic E-state index is 0.246. The SMILES string of the molecule is O=C(O)c1cccc(Nc2ccc(OCc3ccccn3)cc2)c1. The minimum atomic E-state index is -0.947. The second-order valence-corrected chi connectivity index (χ2v) is 5.15. The van der Waals surface area contributed by atoms with E-state index in [2.05, 4.69) is 10.3 Å². The van der Waals surface area contributed by atoms with Gasteiger partial charge in [0.05, 0.1) is 11.3 Å². The Morgan fingerprint density at radius 1 is 1.00 bits per heavy atom. The number of benzene rings is 2. The van der Waals surface area contributed by atoms with Gasteiger partial charge < -0.3 is 15.2 Å². The molecule has 1 aromatic heterocycles. The van der Waals surface area contributed by atoms with Crippen molar-refractivity contribution in [1.29, 1.82) is 0 Å². The lowest BCUT2D eigenvalue weighted by atomic mass is 10.2. The van der Waals surface area contributed by atoms with Crippen LogP contribution in [-0.2, 0) is 6.61 Å². The largest absolute Gasteiger partial charge is 0.487 e. The number of hydrogen-bond donors (Lipinski definition) is 2. The van der Waals surface area contributed by atoms with Crippen LogP contribution in [0.4, 0.5) is 11.4 Å². The fraction of sp³-hybridized carbons (Fsp3) is 0.0526. The minimum Gasteiger partial charge on any atom is -0.487 e. The Morgan fingerprint density at radius 2 is 1.83 bits per heavy atom. The molecule has 5 heteroatoms. The molecule has 0 radical (unpaired) electrons. The average molecular weight is 320 g/mol. The van der Waals surface area contributed by atoms with Gasteiger partial charge in [-0.25, -0.2) is 4.79 Å². The van der Waals surface area contributed by atoms with Crippen LogP contribution >= 0.6 is 0 Å². The number of aromatic carboxylic acids is 1. The molecule has 1 heterocycles. The molecular formula is C19H16N2O3. The molecule has 0 unspecified atom stereocenters. The second-order valence-electron chi connectivity index (χ2n) is 5.15. The lowest BCUT2D eigenvalue weighted by Crippen LogP contribution is -1.98. The molecular weight excluding hydrogens is 304 g/mol. The Morgan fingerprint density at radius 3 is 2.54 bits per heavy atom. The molecule has 0 spiro atoms. The summed E-state index contributed by atoms with van der Waals surface area (Å²) in [6, 6.07) is 19.8. The fourth-order valence-electron chi connectivity index (χ4n) is 2.17. The van der Waals surface area contributed by atoms with E-state index < -0.39 is 5.97 Å². The quantitative estimate of drug-likeness (QED) is 0.715. The van der Waals surface area contributed by atoms with Crippen molar-refractivity contribution in [2.45, 2.75) is 6.61 Å². The third-order valence-electron chi connectivity index (χ3n) is 3.37. The number of rotatable bonds is 6. The van der Waals surface area contributed by atoms with E-state index in [4.69, 9.17) is 9.84 Å². The molecule has 0 saturated heterocycles. The summed E-state index contributed by atoms with van der Waals surface area (Å²) in [5.74, 6) is -0.206. The van der Waals surface area contributed by atoms with Crippen molar-refractivity contribution in [1.82, 2.24) is 4.98 Å². The standard InChI is InChI=1S/C19H16N2O3/c22-19(23)14-4-3-6-16(12-14)21-15-7-9-18(10-8-15)24-13-17-5-1-2-11-20-17/h1-12,21H,13H2,(H,22,23). The molecule has 0 bridgehead atoms. The molecule has 0 fully saturated rings. The highest BCUT2D eigenvalue weighted by molar-refractivity contribution is 5.89. The number of carboxylic acid groups (broad SMARTS) is 1. The summed E-state index contributed by atoms with van der Waals surface area (Å²) < 4.78 is 5.68. The predicted octanol–water partition coefficient (Wildman–Crippen LogP) is 4.10. The van der Waals surface area contributed by atoms with E-state index in [0.29, 0.717) is 6.61 Å². The van der Waals surface area contributed by atoms with Gasteiger partial charge in [0.2, 0.25) is 0 Å². The fourth-order valence-corrected chi connectivity index (χ4v) is 2.17. The number of pyridine rings is 1. The number of carboxylic acids is 1. The van der Waals surface area contributed by atoms with Gasteiger partial charge in [-0.05, 0) is 54.6 Å². The Kier molecular flexibility index (Phi) is 4.72. The van der Waals surface area contributed by atoms with Crippen LogP contribution in [0.1, 0.15) is 16.1 Å². The smallest absolute Gasteiger partial charge is 0.335 e. The zero-order valence-electron chi connectivity index (χ0n) is 12.8. The molecule has 2 N–H and O–H groups in total. The summed E-state index contributed by atoms with van der Waals surface area (Å²) >= 11 is 0. The Bertz CT molecular complexity index is 818. The number of hydrogen-bond acceptors (Lipinski definition) is 4. The van der Waals surface area contributed by atoms with Crippen molar-refractivity contribution in [3.05, 3.63) is 84.2 Å². The van der Waals surface area contributed by atoms with Crippen LogP contribution in [0.25, 0.3) is 0 Å². The lowest BCUT2D eigenvalue weighted by molar-refractivity contribution is 0.0697. The maximum absolute atomic E-state index is 11.0. The zero-order valence-corrected chi connectivity index (χ0v) is 12.8. The molecule has 0 atom stereocenters. The average Bonchev–Trinajstić information content (AvgIpc) is 2.62. The van der Waals surface area contributed by atoms with Gasteiger partial charge in [0.1, 0.15) is 12.4 Å². The van der Waals surface area contributed by atoms with Crippen molar-refractivity contribution < 1.29 is 14.6 Å². The van der Waals surface area contributed by atoms with Gasteiger partial charge in [0.15, 0.2) is 0 Å². The summed E-state index contributed by atoms with van der Waals surface area (Å²) in [5.41, 5.74) is 2.68. The van der Waals surface area contributed by atoms with Crippen LogP contribution in [-0.4, -0.2) is 16.1 Å².